The van der Waals surface area contributed by atoms with Crippen molar-refractivity contribution in [2.45, 2.75) is 13.5 Å². The molecule has 4 N–H and O–H groups in total. The van der Waals surface area contributed by atoms with Crippen molar-refractivity contribution >= 4 is 35.0 Å². The van der Waals surface area contributed by atoms with Crippen LogP contribution in [0, 0.1) is 6.92 Å². The summed E-state index contributed by atoms with van der Waals surface area (Å²) in [5.41, 5.74) is 8.40. The molecule has 29 heavy (non-hydrogen) atoms. The Morgan fingerprint density at radius 2 is 1.69 bits per heavy atom. The van der Waals surface area contributed by atoms with Gasteiger partial charge in [-0.2, -0.15) is 0 Å². The molecule has 154 valence electrons. The Kier molecular flexibility index (Phi) is 10.2. The first kappa shape index (κ1) is 23.9. The van der Waals surface area contributed by atoms with Gasteiger partial charge in [-0.1, -0.05) is 66.2 Å². The van der Waals surface area contributed by atoms with Crippen molar-refractivity contribution in [2.75, 3.05) is 14.1 Å². The third-order valence-electron chi connectivity index (χ3n) is 3.75. The maximum absolute atomic E-state index is 12.4. The first-order valence-electron chi connectivity index (χ1n) is 8.93. The fraction of sp³-hybridized carbons (Fsp3) is 0.182. The number of oxime groups is 1. The molecule has 1 amide bonds. The van der Waals surface area contributed by atoms with Crippen molar-refractivity contribution in [1.29, 1.82) is 0 Å². The molecule has 3 aromatic carbocycles. The highest BCUT2D eigenvalue weighted by molar-refractivity contribution is 6.12. The molecule has 0 aliphatic rings. The summed E-state index contributed by atoms with van der Waals surface area (Å²) in [7, 11) is 3.75. The van der Waals surface area contributed by atoms with Crippen LogP contribution in [0.5, 0.6) is 0 Å². The third kappa shape index (κ3) is 7.44. The van der Waals surface area contributed by atoms with Crippen molar-refractivity contribution in [2.24, 2.45) is 10.9 Å². The van der Waals surface area contributed by atoms with Crippen LogP contribution in [-0.2, 0) is 11.4 Å². The zero-order valence-corrected chi connectivity index (χ0v) is 17.6. The summed E-state index contributed by atoms with van der Waals surface area (Å²) >= 11 is 0. The zero-order valence-electron chi connectivity index (χ0n) is 16.8. The predicted molar refractivity (Wildman–Crippen MR) is 121 cm³/mol. The second-order valence-electron chi connectivity index (χ2n) is 6.22. The van der Waals surface area contributed by atoms with E-state index in [4.69, 9.17) is 10.6 Å². The predicted octanol–water partition coefficient (Wildman–Crippen LogP) is 3.58. The van der Waals surface area contributed by atoms with Gasteiger partial charge in [0.15, 0.2) is 0 Å². The van der Waals surface area contributed by atoms with Gasteiger partial charge in [-0.15, -0.1) is 12.4 Å². The smallest absolute Gasteiger partial charge is 0.258 e. The Morgan fingerprint density at radius 3 is 2.41 bits per heavy atom. The summed E-state index contributed by atoms with van der Waals surface area (Å²) in [5.74, 6) is -0.400. The second-order valence-corrected chi connectivity index (χ2v) is 6.22. The van der Waals surface area contributed by atoms with Gasteiger partial charge in [0.2, 0.25) is 5.96 Å². The van der Waals surface area contributed by atoms with E-state index in [0.717, 1.165) is 21.9 Å². The topological polar surface area (TPSA) is 88.7 Å². The number of hydrogen-bond acceptors (Lipinski definition) is 4. The van der Waals surface area contributed by atoms with Gasteiger partial charge >= 0.3 is 0 Å². The van der Waals surface area contributed by atoms with Gasteiger partial charge < -0.3 is 15.9 Å². The van der Waals surface area contributed by atoms with E-state index in [1.165, 1.54) is 0 Å². The Bertz CT molecular complexity index is 955. The van der Waals surface area contributed by atoms with Crippen LogP contribution < -0.4 is 16.4 Å². The van der Waals surface area contributed by atoms with Crippen LogP contribution in [0.25, 0.3) is 10.8 Å². The van der Waals surface area contributed by atoms with E-state index in [1.54, 1.807) is 6.07 Å². The van der Waals surface area contributed by atoms with E-state index >= 15 is 0 Å². The SMILES string of the molecule is CNC.Cc1cccc(CON=C(N)NC(=O)c2cccc3ccccc23)c1.Cl. The van der Waals surface area contributed by atoms with Gasteiger partial charge in [0.05, 0.1) is 0 Å². The van der Waals surface area contributed by atoms with E-state index in [9.17, 15) is 4.79 Å². The van der Waals surface area contributed by atoms with Crippen LogP contribution in [0.15, 0.2) is 71.9 Å². The van der Waals surface area contributed by atoms with E-state index in [0.29, 0.717) is 5.56 Å². The molecule has 7 heteroatoms. The maximum Gasteiger partial charge on any atom is 0.258 e. The van der Waals surface area contributed by atoms with Gasteiger partial charge in [0.1, 0.15) is 6.61 Å². The van der Waals surface area contributed by atoms with E-state index < -0.39 is 0 Å². The largest absolute Gasteiger partial charge is 0.388 e. The molecule has 0 heterocycles. The number of carbonyl (C=O) groups is 1. The van der Waals surface area contributed by atoms with Crippen LogP contribution in [0.1, 0.15) is 21.5 Å². The summed E-state index contributed by atoms with van der Waals surface area (Å²) in [5, 5.41) is 10.9. The Morgan fingerprint density at radius 1 is 1.03 bits per heavy atom. The van der Waals surface area contributed by atoms with Crippen LogP contribution in [0.3, 0.4) is 0 Å². The Labute approximate surface area is 177 Å². The summed E-state index contributed by atoms with van der Waals surface area (Å²) in [6.45, 7) is 2.29. The number of nitrogens with two attached hydrogens (primary N) is 1. The van der Waals surface area contributed by atoms with Gasteiger partial charge in [-0.3, -0.25) is 10.1 Å². The third-order valence-corrected chi connectivity index (χ3v) is 3.75. The summed E-state index contributed by atoms with van der Waals surface area (Å²) in [6.07, 6.45) is 0. The van der Waals surface area contributed by atoms with E-state index in [-0.39, 0.29) is 30.9 Å². The monoisotopic (exact) mass is 414 g/mol. The zero-order chi connectivity index (χ0) is 20.4. The Balaban J connectivity index is 0.000000990. The fourth-order valence-electron chi connectivity index (χ4n) is 2.61. The summed E-state index contributed by atoms with van der Waals surface area (Å²) in [6, 6.07) is 21.1. The molecule has 0 atom stereocenters. The minimum absolute atomic E-state index is 0. The lowest BCUT2D eigenvalue weighted by atomic mass is 10.0. The fourth-order valence-corrected chi connectivity index (χ4v) is 2.61. The maximum atomic E-state index is 12.4. The van der Waals surface area contributed by atoms with Gasteiger partial charge in [0, 0.05) is 5.56 Å². The van der Waals surface area contributed by atoms with E-state index in [1.807, 2.05) is 81.7 Å². The molecule has 3 aromatic rings. The highest BCUT2D eigenvalue weighted by atomic mass is 35.5. The molecular formula is C22H27ClN4O2. The number of hydrogen-bond donors (Lipinski definition) is 3. The van der Waals surface area contributed by atoms with Crippen molar-refractivity contribution in [3.63, 3.8) is 0 Å². The normalized spacial score (nSPS) is 10.4. The van der Waals surface area contributed by atoms with Crippen LogP contribution in [-0.4, -0.2) is 26.0 Å². The average Bonchev–Trinajstić information content (AvgIpc) is 2.68. The number of nitrogens with one attached hydrogen (secondary N) is 2. The summed E-state index contributed by atoms with van der Waals surface area (Å²) in [4.78, 5) is 17.6. The molecule has 0 fully saturated rings. The standard InChI is InChI=1S/C20H19N3O2.C2H7N.ClH/c1-14-6-4-7-15(12-14)13-25-23-20(21)22-19(24)18-11-5-9-16-8-2-3-10-17(16)18;1-3-2;/h2-12H,13H2,1H3,(H3,21,22,23,24);3H,1-2H3;1H. The molecule has 6 nitrogen and oxygen atoms in total. The molecular weight excluding hydrogens is 388 g/mol. The lowest BCUT2D eigenvalue weighted by Crippen LogP contribution is -2.37. The molecule has 0 bridgehead atoms. The van der Waals surface area contributed by atoms with Gasteiger partial charge in [0.25, 0.3) is 5.91 Å². The van der Waals surface area contributed by atoms with Crippen molar-refractivity contribution in [3.8, 4) is 0 Å². The molecule has 0 saturated carbocycles. The number of nitrogens with zero attached hydrogens (tertiary/aromatic N) is 1. The number of halogens is 1. The lowest BCUT2D eigenvalue weighted by molar-refractivity contribution is 0.0969. The number of aryl methyl sites for hydroxylation is 1. The molecule has 0 aliphatic heterocycles. The van der Waals surface area contributed by atoms with Crippen molar-refractivity contribution < 1.29 is 9.63 Å². The van der Waals surface area contributed by atoms with Gasteiger partial charge in [-0.25, -0.2) is 0 Å². The number of guanidine groups is 1. The average molecular weight is 415 g/mol. The summed E-state index contributed by atoms with van der Waals surface area (Å²) < 4.78 is 0. The van der Waals surface area contributed by atoms with Crippen molar-refractivity contribution in [3.05, 3.63) is 83.4 Å². The first-order valence-corrected chi connectivity index (χ1v) is 8.93. The lowest BCUT2D eigenvalue weighted by Gasteiger charge is -2.07. The number of fused-ring (bicyclic) bond motifs is 1. The molecule has 0 aromatic heterocycles. The minimum atomic E-state index is -0.322. The van der Waals surface area contributed by atoms with Crippen molar-refractivity contribution in [1.82, 2.24) is 10.6 Å². The molecule has 3 rings (SSSR count). The molecule has 0 unspecified atom stereocenters. The second kappa shape index (κ2) is 12.4. The van der Waals surface area contributed by atoms with Crippen LogP contribution in [0.4, 0.5) is 0 Å². The highest BCUT2D eigenvalue weighted by Gasteiger charge is 2.10. The molecule has 0 aliphatic carbocycles. The number of rotatable bonds is 4. The number of carbonyl (C=O) groups excluding carboxylic acids is 1. The highest BCUT2D eigenvalue weighted by Crippen LogP contribution is 2.18. The molecule has 0 radical (unpaired) electrons. The van der Waals surface area contributed by atoms with Crippen LogP contribution >= 0.6 is 12.4 Å². The minimum Gasteiger partial charge on any atom is -0.388 e. The molecule has 0 spiro atoms. The van der Waals surface area contributed by atoms with Crippen LogP contribution in [0.2, 0.25) is 0 Å². The Hall–Kier alpha value is -3.09. The quantitative estimate of drug-likeness (QED) is 0.346. The number of amides is 1. The molecule has 0 saturated heterocycles. The number of benzene rings is 3. The van der Waals surface area contributed by atoms with Gasteiger partial charge in [-0.05, 0) is 48.6 Å². The van der Waals surface area contributed by atoms with E-state index in [2.05, 4.69) is 15.8 Å². The first-order chi connectivity index (χ1) is 13.5.